The highest BCUT2D eigenvalue weighted by Gasteiger charge is 2.27. The zero-order valence-corrected chi connectivity index (χ0v) is 14.8. The minimum atomic E-state index is -0.0214. The second kappa shape index (κ2) is 6.48. The van der Waals surface area contributed by atoms with Crippen molar-refractivity contribution in [3.05, 3.63) is 46.4 Å². The molecule has 2 aromatic heterocycles. The molecular weight excluding hydrogens is 316 g/mol. The van der Waals surface area contributed by atoms with Gasteiger partial charge in [0.25, 0.3) is 0 Å². The van der Waals surface area contributed by atoms with Crippen molar-refractivity contribution in [3.8, 4) is 0 Å². The van der Waals surface area contributed by atoms with Crippen LogP contribution in [0.15, 0.2) is 29.1 Å². The normalized spacial score (nSPS) is 18.9. The molecule has 132 valence electrons. The van der Waals surface area contributed by atoms with Gasteiger partial charge in [0.15, 0.2) is 0 Å². The summed E-state index contributed by atoms with van der Waals surface area (Å²) in [5.74, 6) is 2.21. The van der Waals surface area contributed by atoms with Crippen molar-refractivity contribution in [1.82, 2.24) is 29.2 Å². The molecule has 0 amide bonds. The van der Waals surface area contributed by atoms with Crippen molar-refractivity contribution in [2.24, 2.45) is 7.05 Å². The van der Waals surface area contributed by atoms with Crippen molar-refractivity contribution < 1.29 is 0 Å². The SMILES string of the molecule is CCn1c([C@H]2CCCN(Cc3nc4ccccc4[nH]3)C2)nn(C)c1=O. The summed E-state index contributed by atoms with van der Waals surface area (Å²) in [6, 6.07) is 8.11. The summed E-state index contributed by atoms with van der Waals surface area (Å²) >= 11 is 0. The first-order valence-electron chi connectivity index (χ1n) is 8.95. The summed E-state index contributed by atoms with van der Waals surface area (Å²) in [7, 11) is 1.73. The molecule has 7 nitrogen and oxygen atoms in total. The number of nitrogens with zero attached hydrogens (tertiary/aromatic N) is 5. The molecule has 0 radical (unpaired) electrons. The number of fused-ring (bicyclic) bond motifs is 1. The Hall–Kier alpha value is -2.41. The maximum absolute atomic E-state index is 12.2. The number of piperidine rings is 1. The highest BCUT2D eigenvalue weighted by Crippen LogP contribution is 2.26. The molecule has 0 aliphatic carbocycles. The fourth-order valence-corrected chi connectivity index (χ4v) is 3.82. The number of aryl methyl sites for hydroxylation is 1. The molecule has 1 aliphatic heterocycles. The van der Waals surface area contributed by atoms with Crippen molar-refractivity contribution in [3.63, 3.8) is 0 Å². The fourth-order valence-electron chi connectivity index (χ4n) is 3.82. The van der Waals surface area contributed by atoms with E-state index in [4.69, 9.17) is 0 Å². The van der Waals surface area contributed by atoms with Gasteiger partial charge >= 0.3 is 5.69 Å². The van der Waals surface area contributed by atoms with Crippen LogP contribution < -0.4 is 5.69 Å². The number of para-hydroxylation sites is 2. The van der Waals surface area contributed by atoms with Crippen LogP contribution in [0.1, 0.15) is 37.3 Å². The first kappa shape index (κ1) is 16.1. The van der Waals surface area contributed by atoms with E-state index in [1.807, 2.05) is 25.1 Å². The molecule has 3 heterocycles. The quantitative estimate of drug-likeness (QED) is 0.787. The molecule has 1 N–H and O–H groups in total. The Morgan fingerprint density at radius 1 is 1.32 bits per heavy atom. The van der Waals surface area contributed by atoms with Crippen LogP contribution in [0.25, 0.3) is 11.0 Å². The predicted molar refractivity (Wildman–Crippen MR) is 96.5 cm³/mol. The molecule has 1 atom stereocenters. The number of imidazole rings is 1. The molecule has 0 spiro atoms. The Bertz CT molecular complexity index is 904. The van der Waals surface area contributed by atoms with Crippen molar-refractivity contribution in [2.75, 3.05) is 13.1 Å². The van der Waals surface area contributed by atoms with Gasteiger partial charge in [0.1, 0.15) is 11.6 Å². The van der Waals surface area contributed by atoms with Crippen LogP contribution in [0.3, 0.4) is 0 Å². The van der Waals surface area contributed by atoms with E-state index in [1.165, 1.54) is 4.68 Å². The van der Waals surface area contributed by atoms with Gasteiger partial charge in [-0.3, -0.25) is 9.47 Å². The third-order valence-corrected chi connectivity index (χ3v) is 5.04. The molecule has 25 heavy (non-hydrogen) atoms. The number of hydrogen-bond acceptors (Lipinski definition) is 4. The van der Waals surface area contributed by atoms with Gasteiger partial charge in [0.05, 0.1) is 17.6 Å². The van der Waals surface area contributed by atoms with Crippen LogP contribution in [-0.4, -0.2) is 42.3 Å². The van der Waals surface area contributed by atoms with E-state index in [9.17, 15) is 4.79 Å². The van der Waals surface area contributed by atoms with Gasteiger partial charge in [0, 0.05) is 26.1 Å². The van der Waals surface area contributed by atoms with E-state index < -0.39 is 0 Å². The Morgan fingerprint density at radius 2 is 2.16 bits per heavy atom. The third-order valence-electron chi connectivity index (χ3n) is 5.04. The fraction of sp³-hybridized carbons (Fsp3) is 0.500. The molecule has 7 heteroatoms. The van der Waals surface area contributed by atoms with Crippen molar-refractivity contribution in [2.45, 2.75) is 38.8 Å². The zero-order valence-electron chi connectivity index (χ0n) is 14.8. The molecule has 1 aliphatic rings. The van der Waals surface area contributed by atoms with Gasteiger partial charge in [-0.15, -0.1) is 0 Å². The average Bonchev–Trinajstić information content (AvgIpc) is 3.15. The monoisotopic (exact) mass is 340 g/mol. The van der Waals surface area contributed by atoms with Gasteiger partial charge in [-0.2, -0.15) is 5.10 Å². The van der Waals surface area contributed by atoms with Crippen LogP contribution in [-0.2, 0) is 20.1 Å². The molecule has 1 fully saturated rings. The van der Waals surface area contributed by atoms with Crippen molar-refractivity contribution in [1.29, 1.82) is 0 Å². The number of aromatic amines is 1. The highest BCUT2D eigenvalue weighted by molar-refractivity contribution is 5.74. The molecule has 0 saturated carbocycles. The van der Waals surface area contributed by atoms with Crippen molar-refractivity contribution >= 4 is 11.0 Å². The lowest BCUT2D eigenvalue weighted by Crippen LogP contribution is -2.35. The second-order valence-corrected chi connectivity index (χ2v) is 6.78. The third kappa shape index (κ3) is 3.00. The van der Waals surface area contributed by atoms with Gasteiger partial charge in [-0.25, -0.2) is 14.5 Å². The van der Waals surface area contributed by atoms with Crippen LogP contribution in [0.2, 0.25) is 0 Å². The summed E-state index contributed by atoms with van der Waals surface area (Å²) in [6.07, 6.45) is 2.19. The first-order chi connectivity index (χ1) is 12.2. The Morgan fingerprint density at radius 3 is 2.96 bits per heavy atom. The molecule has 0 unspecified atom stereocenters. The summed E-state index contributed by atoms with van der Waals surface area (Å²) < 4.78 is 3.26. The van der Waals surface area contributed by atoms with Gasteiger partial charge < -0.3 is 4.98 Å². The van der Waals surface area contributed by atoms with Gasteiger partial charge in [-0.05, 0) is 38.4 Å². The largest absolute Gasteiger partial charge is 0.345 e. The maximum atomic E-state index is 12.2. The molecule has 1 saturated heterocycles. The Labute approximate surface area is 146 Å². The average molecular weight is 340 g/mol. The smallest absolute Gasteiger partial charge is 0.341 e. The van der Waals surface area contributed by atoms with E-state index in [-0.39, 0.29) is 5.69 Å². The minimum absolute atomic E-state index is 0.0214. The van der Waals surface area contributed by atoms with E-state index >= 15 is 0 Å². The molecule has 1 aromatic carbocycles. The number of aromatic nitrogens is 5. The molecular formula is C18H24N6O. The molecule has 4 rings (SSSR count). The number of rotatable bonds is 4. The van der Waals surface area contributed by atoms with E-state index in [0.717, 1.165) is 55.2 Å². The van der Waals surface area contributed by atoms with Crippen LogP contribution in [0.4, 0.5) is 0 Å². The second-order valence-electron chi connectivity index (χ2n) is 6.78. The van der Waals surface area contributed by atoms with E-state index in [1.54, 1.807) is 11.6 Å². The number of hydrogen-bond donors (Lipinski definition) is 1. The van der Waals surface area contributed by atoms with E-state index in [2.05, 4.69) is 26.0 Å². The number of H-pyrrole nitrogens is 1. The minimum Gasteiger partial charge on any atom is -0.341 e. The lowest BCUT2D eigenvalue weighted by molar-refractivity contribution is 0.190. The van der Waals surface area contributed by atoms with E-state index in [0.29, 0.717) is 12.5 Å². The summed E-state index contributed by atoms with van der Waals surface area (Å²) in [4.78, 5) is 22.7. The highest BCUT2D eigenvalue weighted by atomic mass is 16.2. The van der Waals surface area contributed by atoms with Crippen LogP contribution in [0, 0.1) is 0 Å². The van der Waals surface area contributed by atoms with Crippen LogP contribution in [0.5, 0.6) is 0 Å². The summed E-state index contributed by atoms with van der Waals surface area (Å²) in [5, 5.41) is 4.50. The zero-order chi connectivity index (χ0) is 17.4. The number of likely N-dealkylation sites (tertiary alicyclic amines) is 1. The number of nitrogens with one attached hydrogen (secondary N) is 1. The lowest BCUT2D eigenvalue weighted by atomic mass is 9.97. The van der Waals surface area contributed by atoms with Crippen LogP contribution >= 0.6 is 0 Å². The predicted octanol–water partition coefficient (Wildman–Crippen LogP) is 1.86. The standard InChI is InChI=1S/C18H24N6O/c1-3-24-17(21-22(2)18(24)25)13-7-6-10-23(11-13)12-16-19-14-8-4-5-9-15(14)20-16/h4-5,8-9,13H,3,6-7,10-12H2,1-2H3,(H,19,20)/t13-/m0/s1. The first-order valence-corrected chi connectivity index (χ1v) is 8.95. The van der Waals surface area contributed by atoms with Gasteiger partial charge in [0.2, 0.25) is 0 Å². The molecule has 3 aromatic rings. The van der Waals surface area contributed by atoms with Gasteiger partial charge in [-0.1, -0.05) is 12.1 Å². The Balaban J connectivity index is 1.53. The summed E-state index contributed by atoms with van der Waals surface area (Å²) in [6.45, 7) is 5.43. The summed E-state index contributed by atoms with van der Waals surface area (Å²) in [5.41, 5.74) is 2.07. The molecule has 0 bridgehead atoms. The number of benzene rings is 1. The Kier molecular flexibility index (Phi) is 4.17. The maximum Gasteiger partial charge on any atom is 0.345 e. The topological polar surface area (TPSA) is 71.7 Å². The lowest BCUT2D eigenvalue weighted by Gasteiger charge is -2.31.